The van der Waals surface area contributed by atoms with Gasteiger partial charge in [-0.3, -0.25) is 14.3 Å². The minimum Gasteiger partial charge on any atom is -0.393 e. The first-order valence-electron chi connectivity index (χ1n) is 13.6. The predicted octanol–water partition coefficient (Wildman–Crippen LogP) is 2.66. The topological polar surface area (TPSA) is 81.9 Å². The molecule has 37 heavy (non-hydrogen) atoms. The molecule has 3 heterocycles. The van der Waals surface area contributed by atoms with Crippen LogP contribution < -0.4 is 4.90 Å². The highest BCUT2D eigenvalue weighted by atomic mass is 19.1. The number of hydrogen-bond acceptors (Lipinski definition) is 5. The lowest BCUT2D eigenvalue weighted by Crippen LogP contribution is -2.50. The first-order valence-corrected chi connectivity index (χ1v) is 13.6. The lowest BCUT2D eigenvalue weighted by molar-refractivity contribution is -0.132. The third-order valence-electron chi connectivity index (χ3n) is 8.52. The van der Waals surface area contributed by atoms with Crippen molar-refractivity contribution in [3.63, 3.8) is 0 Å². The lowest BCUT2D eigenvalue weighted by atomic mass is 9.93. The van der Waals surface area contributed by atoms with E-state index in [4.69, 9.17) is 0 Å². The summed E-state index contributed by atoms with van der Waals surface area (Å²) in [5, 5.41) is 14.0. The molecule has 2 amide bonds. The number of hydrogen-bond donors (Lipinski definition) is 1. The first-order chi connectivity index (χ1) is 17.8. The van der Waals surface area contributed by atoms with Crippen molar-refractivity contribution in [2.75, 3.05) is 50.8 Å². The second-order valence-electron chi connectivity index (χ2n) is 10.8. The smallest absolute Gasteiger partial charge is 0.274 e. The Balaban J connectivity index is 1.26. The molecule has 5 rings (SSSR count). The molecule has 1 aliphatic carbocycles. The average Bonchev–Trinajstić information content (AvgIpc) is 3.28. The van der Waals surface area contributed by atoms with E-state index in [-0.39, 0.29) is 44.3 Å². The van der Waals surface area contributed by atoms with Crippen molar-refractivity contribution in [2.45, 2.75) is 64.6 Å². The van der Waals surface area contributed by atoms with Crippen LogP contribution in [0.3, 0.4) is 0 Å². The molecule has 8 nitrogen and oxygen atoms in total. The summed E-state index contributed by atoms with van der Waals surface area (Å²) in [5.41, 5.74) is 4.53. The molecule has 0 unspecified atom stereocenters. The highest BCUT2D eigenvalue weighted by molar-refractivity contribution is 5.94. The zero-order valence-electron chi connectivity index (χ0n) is 22.0. The maximum absolute atomic E-state index is 14.4. The van der Waals surface area contributed by atoms with E-state index in [0.717, 1.165) is 50.0 Å². The summed E-state index contributed by atoms with van der Waals surface area (Å²) in [6, 6.07) is 6.35. The summed E-state index contributed by atoms with van der Waals surface area (Å²) < 4.78 is 16.2. The highest BCUT2D eigenvalue weighted by Gasteiger charge is 2.37. The molecule has 0 radical (unpaired) electrons. The normalized spacial score (nSPS) is 19.6. The molecule has 2 aliphatic heterocycles. The Labute approximate surface area is 218 Å². The fourth-order valence-electron chi connectivity index (χ4n) is 5.89. The number of likely N-dealkylation sites (tertiary alicyclic amines) is 1. The van der Waals surface area contributed by atoms with Crippen molar-refractivity contribution in [3.8, 4) is 0 Å². The molecule has 0 atom stereocenters. The maximum atomic E-state index is 14.4. The van der Waals surface area contributed by atoms with Crippen LogP contribution in [0.5, 0.6) is 0 Å². The molecule has 2 aromatic rings. The Morgan fingerprint density at radius 3 is 2.41 bits per heavy atom. The number of halogens is 1. The number of rotatable bonds is 5. The number of alkyl halides is 1. The van der Waals surface area contributed by atoms with E-state index in [1.165, 1.54) is 16.8 Å². The Hall–Kier alpha value is -2.94. The number of fused-ring (bicyclic) bond motifs is 1. The second-order valence-corrected chi connectivity index (χ2v) is 10.8. The molecule has 9 heteroatoms. The monoisotopic (exact) mass is 511 g/mol. The van der Waals surface area contributed by atoms with Crippen LogP contribution in [-0.2, 0) is 24.2 Å². The van der Waals surface area contributed by atoms with Crippen LogP contribution in [0.25, 0.3) is 0 Å². The molecule has 1 aromatic heterocycles. The van der Waals surface area contributed by atoms with Gasteiger partial charge in [-0.1, -0.05) is 12.1 Å². The second kappa shape index (κ2) is 10.4. The summed E-state index contributed by atoms with van der Waals surface area (Å²) >= 11 is 0. The Morgan fingerprint density at radius 2 is 1.70 bits per heavy atom. The molecule has 200 valence electrons. The number of benzene rings is 1. The van der Waals surface area contributed by atoms with Gasteiger partial charge in [-0.05, 0) is 56.7 Å². The van der Waals surface area contributed by atoms with Gasteiger partial charge in [-0.25, -0.2) is 4.39 Å². The quantitative estimate of drug-likeness (QED) is 0.668. The van der Waals surface area contributed by atoms with Gasteiger partial charge >= 0.3 is 0 Å². The molecule has 0 spiro atoms. The summed E-state index contributed by atoms with van der Waals surface area (Å²) in [6.07, 6.45) is 3.85. The van der Waals surface area contributed by atoms with Gasteiger partial charge in [0, 0.05) is 69.1 Å². The van der Waals surface area contributed by atoms with Gasteiger partial charge in [-0.2, -0.15) is 5.10 Å². The number of aliphatic hydroxyl groups is 1. The molecular formula is C28H38FN5O3. The molecule has 3 aliphatic rings. The third kappa shape index (κ3) is 5.10. The molecule has 2 saturated heterocycles. The van der Waals surface area contributed by atoms with Crippen LogP contribution in [0.1, 0.15) is 58.6 Å². The summed E-state index contributed by atoms with van der Waals surface area (Å²) in [5.74, 6) is -0.162. The molecule has 0 bridgehead atoms. The predicted molar refractivity (Wildman–Crippen MR) is 140 cm³/mol. The number of aromatic nitrogens is 2. The van der Waals surface area contributed by atoms with Gasteiger partial charge < -0.3 is 19.8 Å². The number of carbonyl (C=O) groups is 2. The number of aliphatic hydroxyl groups excluding tert-OH is 1. The SMILES string of the molecule is Cc1cccc(N2CCN(C(=O)Cn3nc(C(=O)N4CCC(F)(CO)CC4)c4c3CCCC4)CC2)c1C. The molecule has 0 saturated carbocycles. The van der Waals surface area contributed by atoms with E-state index < -0.39 is 12.3 Å². The Kier molecular flexibility index (Phi) is 7.25. The number of nitrogens with zero attached hydrogens (tertiary/aromatic N) is 5. The number of piperidine rings is 1. The fourth-order valence-corrected chi connectivity index (χ4v) is 5.89. The summed E-state index contributed by atoms with van der Waals surface area (Å²) in [6.45, 7) is 7.31. The minimum atomic E-state index is -1.61. The highest BCUT2D eigenvalue weighted by Crippen LogP contribution is 2.30. The van der Waals surface area contributed by atoms with E-state index in [9.17, 15) is 19.1 Å². The van der Waals surface area contributed by atoms with Crippen molar-refractivity contribution in [1.82, 2.24) is 19.6 Å². The third-order valence-corrected chi connectivity index (χ3v) is 8.52. The van der Waals surface area contributed by atoms with Crippen LogP contribution in [0.2, 0.25) is 0 Å². The van der Waals surface area contributed by atoms with Crippen LogP contribution in [0.4, 0.5) is 10.1 Å². The number of amides is 2. The van der Waals surface area contributed by atoms with Crippen LogP contribution in [-0.4, -0.2) is 88.0 Å². The van der Waals surface area contributed by atoms with Crippen molar-refractivity contribution in [1.29, 1.82) is 0 Å². The number of aryl methyl sites for hydroxylation is 1. The van der Waals surface area contributed by atoms with E-state index >= 15 is 0 Å². The van der Waals surface area contributed by atoms with Gasteiger partial charge in [0.25, 0.3) is 5.91 Å². The van der Waals surface area contributed by atoms with Gasteiger partial charge in [-0.15, -0.1) is 0 Å². The largest absolute Gasteiger partial charge is 0.393 e. The molecular weight excluding hydrogens is 473 g/mol. The Bertz CT molecular complexity index is 1160. The van der Waals surface area contributed by atoms with Gasteiger partial charge in [0.1, 0.15) is 12.2 Å². The number of piperazine rings is 1. The zero-order valence-corrected chi connectivity index (χ0v) is 22.0. The zero-order chi connectivity index (χ0) is 26.2. The minimum absolute atomic E-state index is 0.0265. The number of anilines is 1. The van der Waals surface area contributed by atoms with Crippen molar-refractivity contribution < 1.29 is 19.1 Å². The summed E-state index contributed by atoms with van der Waals surface area (Å²) in [7, 11) is 0. The van der Waals surface area contributed by atoms with E-state index in [2.05, 4.69) is 42.0 Å². The summed E-state index contributed by atoms with van der Waals surface area (Å²) in [4.78, 5) is 32.5. The van der Waals surface area contributed by atoms with Gasteiger partial charge in [0.05, 0.1) is 6.61 Å². The van der Waals surface area contributed by atoms with Crippen LogP contribution in [0, 0.1) is 13.8 Å². The van der Waals surface area contributed by atoms with Crippen LogP contribution >= 0.6 is 0 Å². The lowest BCUT2D eigenvalue weighted by Gasteiger charge is -2.37. The molecule has 1 N–H and O–H groups in total. The van der Waals surface area contributed by atoms with E-state index in [0.29, 0.717) is 18.8 Å². The van der Waals surface area contributed by atoms with E-state index in [1.807, 2.05) is 4.90 Å². The standard InChI is InChI=1S/C28H38FN5O3/c1-20-6-5-9-23(21(20)2)31-14-16-32(17-15-31)25(36)18-34-24-8-4-3-7-22(24)26(30-34)27(37)33-12-10-28(29,19-35)11-13-33/h5-6,9,35H,3-4,7-8,10-19H2,1-2H3. The van der Waals surface area contributed by atoms with Crippen molar-refractivity contribution in [2.24, 2.45) is 0 Å². The first kappa shape index (κ1) is 25.7. The molecule has 2 fully saturated rings. The molecule has 1 aromatic carbocycles. The Morgan fingerprint density at radius 1 is 1.00 bits per heavy atom. The maximum Gasteiger partial charge on any atom is 0.274 e. The number of carbonyl (C=O) groups excluding carboxylic acids is 2. The van der Waals surface area contributed by atoms with Crippen LogP contribution in [0.15, 0.2) is 18.2 Å². The van der Waals surface area contributed by atoms with Gasteiger partial charge in [0.15, 0.2) is 5.69 Å². The average molecular weight is 512 g/mol. The van der Waals surface area contributed by atoms with E-state index in [1.54, 1.807) is 9.58 Å². The van der Waals surface area contributed by atoms with Gasteiger partial charge in [0.2, 0.25) is 5.91 Å². The van der Waals surface area contributed by atoms with Crippen molar-refractivity contribution in [3.05, 3.63) is 46.3 Å². The fraction of sp³-hybridized carbons (Fsp3) is 0.607. The van der Waals surface area contributed by atoms with Crippen molar-refractivity contribution >= 4 is 17.5 Å².